The number of carbonyl (C=O) groups excluding carboxylic acids is 1. The lowest BCUT2D eigenvalue weighted by molar-refractivity contribution is 0.102. The lowest BCUT2D eigenvalue weighted by Crippen LogP contribution is -2.14. The lowest BCUT2D eigenvalue weighted by atomic mass is 10.2. The van der Waals surface area contributed by atoms with E-state index in [2.05, 4.69) is 10.4 Å². The van der Waals surface area contributed by atoms with E-state index in [4.69, 9.17) is 16.3 Å². The monoisotopic (exact) mass is 449 g/mol. The van der Waals surface area contributed by atoms with Crippen molar-refractivity contribution < 1.29 is 13.9 Å². The summed E-state index contributed by atoms with van der Waals surface area (Å²) in [5, 5.41) is 7.67. The van der Waals surface area contributed by atoms with E-state index in [1.54, 1.807) is 22.9 Å². The molecule has 32 heavy (non-hydrogen) atoms. The predicted octanol–water partition coefficient (Wildman–Crippen LogP) is 5.86. The van der Waals surface area contributed by atoms with Gasteiger partial charge in [-0.15, -0.1) is 0 Å². The molecule has 0 saturated heterocycles. The standard InChI is InChI=1S/C25H21ClFN3O2/c1-17-12-23(25(31)28-22-9-5-8-21(27)14-22)29-30(17)15-19-13-20(26)10-11-24(19)32-16-18-6-3-2-4-7-18/h2-14H,15-16H2,1H3,(H,28,31). The quantitative estimate of drug-likeness (QED) is 0.384. The van der Waals surface area contributed by atoms with Crippen molar-refractivity contribution in [3.8, 4) is 5.75 Å². The van der Waals surface area contributed by atoms with Gasteiger partial charge in [-0.1, -0.05) is 48.0 Å². The molecule has 0 spiro atoms. The van der Waals surface area contributed by atoms with Crippen LogP contribution in [-0.4, -0.2) is 15.7 Å². The molecule has 0 aliphatic carbocycles. The van der Waals surface area contributed by atoms with Crippen molar-refractivity contribution in [2.45, 2.75) is 20.1 Å². The molecule has 7 heteroatoms. The maximum absolute atomic E-state index is 13.4. The third-order valence-corrected chi connectivity index (χ3v) is 5.11. The Labute approximate surface area is 190 Å². The maximum Gasteiger partial charge on any atom is 0.276 e. The SMILES string of the molecule is Cc1cc(C(=O)Nc2cccc(F)c2)nn1Cc1cc(Cl)ccc1OCc1ccccc1. The number of rotatable bonds is 7. The fraction of sp³-hybridized carbons (Fsp3) is 0.120. The Balaban J connectivity index is 1.51. The number of aryl methyl sites for hydroxylation is 1. The largest absolute Gasteiger partial charge is 0.489 e. The normalized spacial score (nSPS) is 10.7. The second-order valence-electron chi connectivity index (χ2n) is 7.32. The minimum Gasteiger partial charge on any atom is -0.489 e. The van der Waals surface area contributed by atoms with Crippen LogP contribution < -0.4 is 10.1 Å². The van der Waals surface area contributed by atoms with Crippen molar-refractivity contribution in [2.24, 2.45) is 0 Å². The summed E-state index contributed by atoms with van der Waals surface area (Å²) in [7, 11) is 0. The fourth-order valence-corrected chi connectivity index (χ4v) is 3.45. The van der Waals surface area contributed by atoms with Gasteiger partial charge in [-0.3, -0.25) is 9.48 Å². The van der Waals surface area contributed by atoms with Crippen LogP contribution >= 0.6 is 11.6 Å². The molecule has 0 aliphatic heterocycles. The first-order chi connectivity index (χ1) is 15.5. The molecule has 3 aromatic carbocycles. The number of amides is 1. The number of benzene rings is 3. The van der Waals surface area contributed by atoms with Crippen LogP contribution in [0.4, 0.5) is 10.1 Å². The molecule has 0 aliphatic rings. The third-order valence-electron chi connectivity index (χ3n) is 4.88. The van der Waals surface area contributed by atoms with E-state index in [0.717, 1.165) is 16.8 Å². The fourth-order valence-electron chi connectivity index (χ4n) is 3.25. The molecule has 5 nitrogen and oxygen atoms in total. The van der Waals surface area contributed by atoms with Crippen LogP contribution in [0.2, 0.25) is 5.02 Å². The van der Waals surface area contributed by atoms with E-state index in [9.17, 15) is 9.18 Å². The van der Waals surface area contributed by atoms with Gasteiger partial charge in [0.15, 0.2) is 5.69 Å². The molecule has 1 aromatic heterocycles. The van der Waals surface area contributed by atoms with Crippen LogP contribution in [-0.2, 0) is 13.2 Å². The smallest absolute Gasteiger partial charge is 0.276 e. The van der Waals surface area contributed by atoms with E-state index < -0.39 is 11.7 Å². The first-order valence-electron chi connectivity index (χ1n) is 10.0. The molecule has 0 bridgehead atoms. The average Bonchev–Trinajstić information content (AvgIpc) is 3.14. The van der Waals surface area contributed by atoms with Gasteiger partial charge in [0.25, 0.3) is 5.91 Å². The Bertz CT molecular complexity index is 1240. The molecule has 0 radical (unpaired) electrons. The van der Waals surface area contributed by atoms with E-state index in [1.807, 2.05) is 49.4 Å². The highest BCUT2D eigenvalue weighted by atomic mass is 35.5. The van der Waals surface area contributed by atoms with Gasteiger partial charge in [0.2, 0.25) is 0 Å². The molecule has 0 unspecified atom stereocenters. The van der Waals surface area contributed by atoms with Crippen LogP contribution in [0.5, 0.6) is 5.75 Å². The van der Waals surface area contributed by atoms with Crippen molar-refractivity contribution >= 4 is 23.2 Å². The summed E-state index contributed by atoms with van der Waals surface area (Å²) >= 11 is 6.22. The number of halogens is 2. The number of carbonyl (C=O) groups is 1. The van der Waals surface area contributed by atoms with Crippen LogP contribution in [0, 0.1) is 12.7 Å². The van der Waals surface area contributed by atoms with E-state index in [1.165, 1.54) is 18.2 Å². The molecule has 1 amide bonds. The Hall–Kier alpha value is -3.64. The summed E-state index contributed by atoms with van der Waals surface area (Å²) in [5.74, 6) is -0.142. The van der Waals surface area contributed by atoms with Gasteiger partial charge in [0.1, 0.15) is 18.2 Å². The van der Waals surface area contributed by atoms with Crippen LogP contribution in [0.15, 0.2) is 78.9 Å². The highest BCUT2D eigenvalue weighted by molar-refractivity contribution is 6.30. The molecule has 0 fully saturated rings. The number of aromatic nitrogens is 2. The molecule has 1 heterocycles. The Kier molecular flexibility index (Phi) is 6.52. The molecular weight excluding hydrogens is 429 g/mol. The van der Waals surface area contributed by atoms with Gasteiger partial charge < -0.3 is 10.1 Å². The van der Waals surface area contributed by atoms with Gasteiger partial charge in [0.05, 0.1) is 6.54 Å². The highest BCUT2D eigenvalue weighted by Gasteiger charge is 2.15. The second-order valence-corrected chi connectivity index (χ2v) is 7.76. The molecule has 4 rings (SSSR count). The summed E-state index contributed by atoms with van der Waals surface area (Å²) in [5.41, 5.74) is 3.30. The van der Waals surface area contributed by atoms with Crippen molar-refractivity contribution in [3.63, 3.8) is 0 Å². The molecular formula is C25H21ClFN3O2. The highest BCUT2D eigenvalue weighted by Crippen LogP contribution is 2.25. The summed E-state index contributed by atoms with van der Waals surface area (Å²) < 4.78 is 21.1. The van der Waals surface area contributed by atoms with E-state index in [0.29, 0.717) is 29.6 Å². The number of nitrogens with one attached hydrogen (secondary N) is 1. The molecule has 0 saturated carbocycles. The van der Waals surface area contributed by atoms with Crippen molar-refractivity contribution in [2.75, 3.05) is 5.32 Å². The van der Waals surface area contributed by atoms with Crippen LogP contribution in [0.25, 0.3) is 0 Å². The summed E-state index contributed by atoms with van der Waals surface area (Å²) in [6, 6.07) is 22.7. The van der Waals surface area contributed by atoms with Crippen LogP contribution in [0.1, 0.15) is 27.3 Å². The predicted molar refractivity (Wildman–Crippen MR) is 123 cm³/mol. The third kappa shape index (κ3) is 5.34. The second kappa shape index (κ2) is 9.66. The molecule has 162 valence electrons. The zero-order valence-electron chi connectivity index (χ0n) is 17.4. The minimum absolute atomic E-state index is 0.237. The Morgan fingerprint density at radius 1 is 1.06 bits per heavy atom. The summed E-state index contributed by atoms with van der Waals surface area (Å²) in [6.45, 7) is 2.67. The number of ether oxygens (including phenoxy) is 1. The van der Waals surface area contributed by atoms with Gasteiger partial charge in [-0.2, -0.15) is 5.10 Å². The van der Waals surface area contributed by atoms with Gasteiger partial charge in [0, 0.05) is 22.0 Å². The molecule has 4 aromatic rings. The van der Waals surface area contributed by atoms with Crippen molar-refractivity contribution in [1.82, 2.24) is 9.78 Å². The first-order valence-corrected chi connectivity index (χ1v) is 10.4. The van der Waals surface area contributed by atoms with Gasteiger partial charge in [-0.05, 0) is 55.0 Å². The average molecular weight is 450 g/mol. The van der Waals surface area contributed by atoms with Crippen molar-refractivity contribution in [3.05, 3.63) is 112 Å². The molecule has 1 N–H and O–H groups in total. The van der Waals surface area contributed by atoms with Crippen LogP contribution in [0.3, 0.4) is 0 Å². The van der Waals surface area contributed by atoms with E-state index >= 15 is 0 Å². The summed E-state index contributed by atoms with van der Waals surface area (Å²) in [4.78, 5) is 12.6. The zero-order valence-corrected chi connectivity index (χ0v) is 18.1. The number of anilines is 1. The maximum atomic E-state index is 13.4. The number of nitrogens with zero attached hydrogens (tertiary/aromatic N) is 2. The van der Waals surface area contributed by atoms with E-state index in [-0.39, 0.29) is 5.69 Å². The van der Waals surface area contributed by atoms with Gasteiger partial charge >= 0.3 is 0 Å². The lowest BCUT2D eigenvalue weighted by Gasteiger charge is -2.13. The molecule has 0 atom stereocenters. The first kappa shape index (κ1) is 21.6. The minimum atomic E-state index is -0.423. The Morgan fingerprint density at radius 2 is 1.88 bits per heavy atom. The topological polar surface area (TPSA) is 56.2 Å². The Morgan fingerprint density at radius 3 is 2.66 bits per heavy atom. The number of hydrogen-bond donors (Lipinski definition) is 1. The van der Waals surface area contributed by atoms with Gasteiger partial charge in [-0.25, -0.2) is 4.39 Å². The zero-order chi connectivity index (χ0) is 22.5. The number of hydrogen-bond acceptors (Lipinski definition) is 3. The summed E-state index contributed by atoms with van der Waals surface area (Å²) in [6.07, 6.45) is 0. The van der Waals surface area contributed by atoms with Crippen molar-refractivity contribution in [1.29, 1.82) is 0 Å².